The second-order valence-electron chi connectivity index (χ2n) is 3.99. The zero-order valence-electron chi connectivity index (χ0n) is 10.3. The smallest absolute Gasteiger partial charge is 0.176 e. The molecule has 2 rings (SSSR count). The van der Waals surface area contributed by atoms with E-state index in [1.807, 2.05) is 18.4 Å². The molecule has 0 fully saturated rings. The minimum atomic E-state index is 0. The minimum Gasteiger partial charge on any atom is -0.507 e. The lowest BCUT2D eigenvalue weighted by molar-refractivity contribution is 0.462. The third-order valence-electron chi connectivity index (χ3n) is 2.75. The number of phenols is 1. The van der Waals surface area contributed by atoms with Crippen LogP contribution in [0, 0.1) is 11.3 Å². The Hall–Kier alpha value is -0.760. The Kier molecular flexibility index (Phi) is 5.46. The zero-order valence-corrected chi connectivity index (χ0v) is 13.4. The number of hydrogen-bond donors (Lipinski definition) is 2. The third kappa shape index (κ3) is 2.97. The molecule has 1 heterocycles. The van der Waals surface area contributed by atoms with Crippen molar-refractivity contribution in [2.24, 2.45) is 11.0 Å². The molecule has 2 N–H and O–H groups in total. The number of phenolic OH excluding ortho intramolecular Hbond substituents is 1. The number of nitrogens with zero attached hydrogens (tertiary/aromatic N) is 2. The fourth-order valence-corrected chi connectivity index (χ4v) is 2.18. The van der Waals surface area contributed by atoms with Gasteiger partial charge in [-0.1, -0.05) is 30.8 Å². The molecule has 0 saturated carbocycles. The summed E-state index contributed by atoms with van der Waals surface area (Å²) in [6.45, 7) is 2.75. The number of para-hydroxylation sites is 1. The lowest BCUT2D eigenvalue weighted by Gasteiger charge is -2.12. The topological polar surface area (TPSA) is 59.7 Å². The van der Waals surface area contributed by atoms with Crippen LogP contribution in [0.2, 0.25) is 0 Å². The van der Waals surface area contributed by atoms with E-state index >= 15 is 0 Å². The van der Waals surface area contributed by atoms with Gasteiger partial charge in [-0.05, 0) is 18.4 Å². The minimum absolute atomic E-state index is 0. The zero-order chi connectivity index (χ0) is 12.4. The summed E-state index contributed by atoms with van der Waals surface area (Å²) in [5.74, 6) is 0.464. The number of nitrogens with one attached hydrogen (secondary N) is 1. The van der Waals surface area contributed by atoms with E-state index in [4.69, 9.17) is 5.41 Å². The van der Waals surface area contributed by atoms with Gasteiger partial charge in [0.25, 0.3) is 0 Å². The van der Waals surface area contributed by atoms with Gasteiger partial charge in [0.2, 0.25) is 0 Å². The van der Waals surface area contributed by atoms with E-state index < -0.39 is 0 Å². The molecule has 0 aliphatic carbocycles. The predicted octanol–water partition coefficient (Wildman–Crippen LogP) is 2.96. The van der Waals surface area contributed by atoms with Crippen molar-refractivity contribution >= 4 is 46.6 Å². The first-order valence-electron chi connectivity index (χ1n) is 5.40. The summed E-state index contributed by atoms with van der Waals surface area (Å²) in [4.78, 5) is 0. The van der Waals surface area contributed by atoms with E-state index in [1.54, 1.807) is 17.1 Å². The van der Waals surface area contributed by atoms with Gasteiger partial charge in [-0.2, -0.15) is 5.10 Å². The number of aromatic hydroxyl groups is 1. The first-order chi connectivity index (χ1) is 8.13. The van der Waals surface area contributed by atoms with Gasteiger partial charge in [0, 0.05) is 11.5 Å². The molecule has 1 aromatic rings. The van der Waals surface area contributed by atoms with Crippen molar-refractivity contribution in [2.45, 2.75) is 6.92 Å². The average molecular weight is 377 g/mol. The molecule has 1 aliphatic heterocycles. The van der Waals surface area contributed by atoms with Crippen LogP contribution < -0.4 is 0 Å². The molecule has 0 amide bonds. The molecule has 4 nitrogen and oxygen atoms in total. The maximum atomic E-state index is 9.81. The van der Waals surface area contributed by atoms with Crippen molar-refractivity contribution < 1.29 is 5.11 Å². The first kappa shape index (κ1) is 15.3. The molecule has 6 heteroatoms. The Balaban J connectivity index is 0.00000162. The predicted molar refractivity (Wildman–Crippen MR) is 87.2 cm³/mol. The number of thioether (sulfide) groups is 1. The van der Waals surface area contributed by atoms with Crippen LogP contribution in [-0.2, 0) is 0 Å². The van der Waals surface area contributed by atoms with Crippen LogP contribution in [-0.4, -0.2) is 33.8 Å². The molecule has 1 aromatic carbocycles. The standard InChI is InChI=1S/C12H15N3OS.HI/c1-8-7-15(12(13)17-2)14-11(8)9-5-3-4-6-10(9)16;/h3-6,8,13,16H,7H2,1-2H3;1H. The molecular formula is C12H16IN3OS. The number of benzene rings is 1. The number of amidine groups is 1. The van der Waals surface area contributed by atoms with E-state index in [0.717, 1.165) is 11.3 Å². The summed E-state index contributed by atoms with van der Waals surface area (Å²) in [6.07, 6.45) is 1.86. The van der Waals surface area contributed by atoms with Gasteiger partial charge < -0.3 is 5.11 Å². The SMILES string of the molecule is CSC(=N)N1CC(C)C(c2ccccc2O)=N1.I. The Bertz CT molecular complexity index is 478. The first-order valence-corrected chi connectivity index (χ1v) is 6.63. The summed E-state index contributed by atoms with van der Waals surface area (Å²) in [5, 5.41) is 24.1. The molecule has 0 bridgehead atoms. The van der Waals surface area contributed by atoms with Gasteiger partial charge >= 0.3 is 0 Å². The molecule has 0 aromatic heterocycles. The molecule has 98 valence electrons. The van der Waals surface area contributed by atoms with Gasteiger partial charge in [-0.15, -0.1) is 24.0 Å². The van der Waals surface area contributed by atoms with E-state index in [0.29, 0.717) is 11.7 Å². The average Bonchev–Trinajstić information content (AvgIpc) is 2.71. The number of rotatable bonds is 1. The van der Waals surface area contributed by atoms with Gasteiger partial charge in [0.05, 0.1) is 12.3 Å². The third-order valence-corrected chi connectivity index (χ3v) is 3.35. The Labute approximate surface area is 128 Å². The van der Waals surface area contributed by atoms with Crippen molar-refractivity contribution in [3.8, 4) is 5.75 Å². The van der Waals surface area contributed by atoms with Crippen molar-refractivity contribution in [2.75, 3.05) is 12.8 Å². The molecule has 0 saturated heterocycles. The number of halogens is 1. The van der Waals surface area contributed by atoms with Gasteiger partial charge in [0.15, 0.2) is 5.17 Å². The summed E-state index contributed by atoms with van der Waals surface area (Å²) in [5.41, 5.74) is 1.61. The second kappa shape index (κ2) is 6.42. The highest BCUT2D eigenvalue weighted by molar-refractivity contribution is 14.0. The van der Waals surface area contributed by atoms with Crippen LogP contribution in [0.25, 0.3) is 0 Å². The number of hydrogen-bond acceptors (Lipinski definition) is 4. The van der Waals surface area contributed by atoms with Crippen molar-refractivity contribution in [3.63, 3.8) is 0 Å². The Morgan fingerprint density at radius 1 is 1.50 bits per heavy atom. The highest BCUT2D eigenvalue weighted by atomic mass is 127. The van der Waals surface area contributed by atoms with Crippen LogP contribution in [0.3, 0.4) is 0 Å². The van der Waals surface area contributed by atoms with E-state index in [2.05, 4.69) is 12.0 Å². The fourth-order valence-electron chi connectivity index (χ4n) is 1.86. The fraction of sp³-hybridized carbons (Fsp3) is 0.333. The van der Waals surface area contributed by atoms with Crippen molar-refractivity contribution in [1.82, 2.24) is 5.01 Å². The largest absolute Gasteiger partial charge is 0.507 e. The molecule has 18 heavy (non-hydrogen) atoms. The molecule has 0 spiro atoms. The summed E-state index contributed by atoms with van der Waals surface area (Å²) in [7, 11) is 0. The van der Waals surface area contributed by atoms with Crippen molar-refractivity contribution in [3.05, 3.63) is 29.8 Å². The molecule has 1 aliphatic rings. The summed E-state index contributed by atoms with van der Waals surface area (Å²) < 4.78 is 0. The van der Waals surface area contributed by atoms with Crippen LogP contribution >= 0.6 is 35.7 Å². The monoisotopic (exact) mass is 377 g/mol. The van der Waals surface area contributed by atoms with Crippen molar-refractivity contribution in [1.29, 1.82) is 5.41 Å². The molecular weight excluding hydrogens is 361 g/mol. The Morgan fingerprint density at radius 3 is 2.78 bits per heavy atom. The molecule has 1 atom stereocenters. The maximum Gasteiger partial charge on any atom is 0.176 e. The molecule has 1 unspecified atom stereocenters. The van der Waals surface area contributed by atoms with Gasteiger partial charge in [0.1, 0.15) is 5.75 Å². The molecule has 0 radical (unpaired) electrons. The van der Waals surface area contributed by atoms with Crippen LogP contribution in [0.4, 0.5) is 0 Å². The second-order valence-corrected chi connectivity index (χ2v) is 4.79. The summed E-state index contributed by atoms with van der Waals surface area (Å²) in [6, 6.07) is 7.19. The quantitative estimate of drug-likeness (QED) is 0.450. The maximum absolute atomic E-state index is 9.81. The highest BCUT2D eigenvalue weighted by Crippen LogP contribution is 2.26. The van der Waals surface area contributed by atoms with Crippen LogP contribution in [0.5, 0.6) is 5.75 Å². The lowest BCUT2D eigenvalue weighted by atomic mass is 9.99. The van der Waals surface area contributed by atoms with Gasteiger partial charge in [-0.25, -0.2) is 5.01 Å². The van der Waals surface area contributed by atoms with E-state index in [-0.39, 0.29) is 35.6 Å². The lowest BCUT2D eigenvalue weighted by Crippen LogP contribution is -2.21. The normalized spacial score (nSPS) is 18.2. The van der Waals surface area contributed by atoms with E-state index in [9.17, 15) is 5.11 Å². The number of hydrazone groups is 1. The van der Waals surface area contributed by atoms with Crippen LogP contribution in [0.1, 0.15) is 12.5 Å². The summed E-state index contributed by atoms with van der Waals surface area (Å²) >= 11 is 1.37. The van der Waals surface area contributed by atoms with E-state index in [1.165, 1.54) is 11.8 Å². The highest BCUT2D eigenvalue weighted by Gasteiger charge is 2.27. The van der Waals surface area contributed by atoms with Gasteiger partial charge in [-0.3, -0.25) is 5.41 Å². The van der Waals surface area contributed by atoms with Crippen LogP contribution in [0.15, 0.2) is 29.4 Å². The Morgan fingerprint density at radius 2 is 2.17 bits per heavy atom.